The quantitative estimate of drug-likeness (QED) is 0.314. The monoisotopic (exact) mass is 460 g/mol. The molecule has 4 aromatic rings. The molecule has 0 bridgehead atoms. The van der Waals surface area contributed by atoms with Crippen LogP contribution in [0.15, 0.2) is 84.1 Å². The van der Waals surface area contributed by atoms with Gasteiger partial charge in [-0.05, 0) is 29.3 Å². The van der Waals surface area contributed by atoms with Gasteiger partial charge in [0.05, 0.1) is 29.8 Å². The minimum Gasteiger partial charge on any atom is -0.342 e. The molecule has 1 amide bonds. The van der Waals surface area contributed by atoms with Crippen LogP contribution < -0.4 is 5.43 Å². The average molecular weight is 460 g/mol. The third-order valence-corrected chi connectivity index (χ3v) is 5.31. The van der Waals surface area contributed by atoms with Crippen molar-refractivity contribution in [3.8, 4) is 6.07 Å². The van der Waals surface area contributed by atoms with Crippen LogP contribution in [0.1, 0.15) is 27.8 Å². The molecule has 0 atom stereocenters. The maximum absolute atomic E-state index is 12.9. The number of hydrogen-bond donors (Lipinski definition) is 1. The van der Waals surface area contributed by atoms with Gasteiger partial charge in [0.15, 0.2) is 0 Å². The maximum atomic E-state index is 12.9. The van der Waals surface area contributed by atoms with Crippen molar-refractivity contribution in [2.75, 3.05) is 0 Å². The lowest BCUT2D eigenvalue weighted by Crippen LogP contribution is -2.20. The van der Waals surface area contributed by atoms with Gasteiger partial charge in [-0.15, -0.1) is 0 Å². The number of amides is 1. The lowest BCUT2D eigenvalue weighted by atomic mass is 10.1. The van der Waals surface area contributed by atoms with E-state index in [0.717, 1.165) is 34.2 Å². The average Bonchev–Trinajstić information content (AvgIpc) is 3.16. The zero-order chi connectivity index (χ0) is 24.1. The van der Waals surface area contributed by atoms with Crippen molar-refractivity contribution in [1.29, 1.82) is 5.26 Å². The molecular weight excluding hydrogens is 441 g/mol. The molecule has 0 unspecified atom stereocenters. The first-order valence-electron chi connectivity index (χ1n) is 10.4. The number of aromatic nitrogens is 1. The van der Waals surface area contributed by atoms with E-state index in [1.165, 1.54) is 18.3 Å². The molecule has 8 heteroatoms. The van der Waals surface area contributed by atoms with Gasteiger partial charge in [0, 0.05) is 29.2 Å². The molecule has 34 heavy (non-hydrogen) atoms. The first-order chi connectivity index (χ1) is 16.3. The Bertz CT molecular complexity index is 1410. The summed E-state index contributed by atoms with van der Waals surface area (Å²) < 4.78 is 40.6. The van der Waals surface area contributed by atoms with Crippen LogP contribution in [-0.4, -0.2) is 16.7 Å². The van der Waals surface area contributed by atoms with Crippen LogP contribution in [0.4, 0.5) is 13.2 Å². The summed E-state index contributed by atoms with van der Waals surface area (Å²) in [5, 5.41) is 14.3. The SMILES string of the molecule is N#Cc1ccccc1Cn1cc(/C=N\NC(=O)Cc2cccc(C(F)(F)F)c2)c2ccccc21. The standard InChI is InChI=1S/C26H19F3N4O/c27-26(28,29)22-9-5-6-18(12-22)13-25(34)32-31-15-21-17-33(24-11-4-3-10-23(21)24)16-20-8-2-1-7-19(20)14-30/h1-12,15,17H,13,16H2,(H,32,34)/b31-15-. The predicted molar refractivity (Wildman–Crippen MR) is 123 cm³/mol. The van der Waals surface area contributed by atoms with Crippen LogP contribution >= 0.6 is 0 Å². The Morgan fingerprint density at radius 3 is 2.62 bits per heavy atom. The Morgan fingerprint density at radius 1 is 1.06 bits per heavy atom. The summed E-state index contributed by atoms with van der Waals surface area (Å²) in [6.07, 6.45) is -1.32. The fraction of sp³-hybridized carbons (Fsp3) is 0.115. The molecule has 1 aromatic heterocycles. The largest absolute Gasteiger partial charge is 0.416 e. The third kappa shape index (κ3) is 5.15. The van der Waals surface area contributed by atoms with E-state index in [1.54, 1.807) is 6.07 Å². The van der Waals surface area contributed by atoms with E-state index >= 15 is 0 Å². The molecule has 170 valence electrons. The van der Waals surface area contributed by atoms with E-state index in [9.17, 15) is 23.2 Å². The first kappa shape index (κ1) is 22.8. The minimum atomic E-state index is -4.47. The number of halogens is 3. The summed E-state index contributed by atoms with van der Waals surface area (Å²) in [6, 6.07) is 21.9. The van der Waals surface area contributed by atoms with Gasteiger partial charge in [0.25, 0.3) is 0 Å². The summed E-state index contributed by atoms with van der Waals surface area (Å²) in [4.78, 5) is 12.2. The number of fused-ring (bicyclic) bond motifs is 1. The van der Waals surface area contributed by atoms with Gasteiger partial charge < -0.3 is 4.57 Å². The van der Waals surface area contributed by atoms with Crippen molar-refractivity contribution in [3.05, 3.63) is 107 Å². The van der Waals surface area contributed by atoms with Crippen molar-refractivity contribution in [2.24, 2.45) is 5.10 Å². The highest BCUT2D eigenvalue weighted by atomic mass is 19.4. The minimum absolute atomic E-state index is 0.228. The molecule has 0 aliphatic rings. The van der Waals surface area contributed by atoms with Gasteiger partial charge in [-0.1, -0.05) is 54.6 Å². The zero-order valence-electron chi connectivity index (χ0n) is 17.9. The lowest BCUT2D eigenvalue weighted by Gasteiger charge is -2.08. The Morgan fingerprint density at radius 2 is 1.82 bits per heavy atom. The number of alkyl halides is 3. The number of hydrogen-bond acceptors (Lipinski definition) is 3. The number of nitrogens with zero attached hydrogens (tertiary/aromatic N) is 3. The number of rotatable bonds is 6. The van der Waals surface area contributed by atoms with E-state index in [2.05, 4.69) is 16.6 Å². The molecule has 0 saturated heterocycles. The van der Waals surface area contributed by atoms with E-state index in [4.69, 9.17) is 0 Å². The summed E-state index contributed by atoms with van der Waals surface area (Å²) >= 11 is 0. The van der Waals surface area contributed by atoms with Crippen molar-refractivity contribution in [2.45, 2.75) is 19.1 Å². The molecule has 0 fully saturated rings. The zero-order valence-corrected chi connectivity index (χ0v) is 17.9. The van der Waals surface area contributed by atoms with E-state index in [-0.39, 0.29) is 12.0 Å². The van der Waals surface area contributed by atoms with E-state index in [1.807, 2.05) is 53.2 Å². The normalized spacial score (nSPS) is 11.6. The van der Waals surface area contributed by atoms with E-state index < -0.39 is 17.6 Å². The first-order valence-corrected chi connectivity index (χ1v) is 10.4. The van der Waals surface area contributed by atoms with E-state index in [0.29, 0.717) is 12.1 Å². The van der Waals surface area contributed by atoms with Gasteiger partial charge in [-0.25, -0.2) is 5.43 Å². The highest BCUT2D eigenvalue weighted by Crippen LogP contribution is 2.29. The fourth-order valence-corrected chi connectivity index (χ4v) is 3.72. The number of carbonyl (C=O) groups is 1. The molecule has 0 aliphatic carbocycles. The van der Waals surface area contributed by atoms with Crippen LogP contribution in [0.25, 0.3) is 10.9 Å². The van der Waals surface area contributed by atoms with Crippen molar-refractivity contribution < 1.29 is 18.0 Å². The second-order valence-corrected chi connectivity index (χ2v) is 7.67. The number of benzene rings is 3. The van der Waals surface area contributed by atoms with Crippen molar-refractivity contribution in [3.63, 3.8) is 0 Å². The van der Waals surface area contributed by atoms with Gasteiger partial charge in [0.2, 0.25) is 5.91 Å². The highest BCUT2D eigenvalue weighted by Gasteiger charge is 2.30. The Labute approximate surface area is 193 Å². The smallest absolute Gasteiger partial charge is 0.342 e. The molecule has 1 heterocycles. The molecule has 0 radical (unpaired) electrons. The second-order valence-electron chi connectivity index (χ2n) is 7.67. The molecule has 0 aliphatic heterocycles. The Hall–Kier alpha value is -4.38. The van der Waals surface area contributed by atoms with Gasteiger partial charge in [-0.2, -0.15) is 23.5 Å². The summed E-state index contributed by atoms with van der Waals surface area (Å²) in [5.41, 5.74) is 4.99. The van der Waals surface area contributed by atoms with Crippen LogP contribution in [0.3, 0.4) is 0 Å². The number of hydrazone groups is 1. The Kier molecular flexibility index (Phi) is 6.46. The number of nitrogens with one attached hydrogen (secondary N) is 1. The molecule has 4 rings (SSSR count). The fourth-order valence-electron chi connectivity index (χ4n) is 3.72. The topological polar surface area (TPSA) is 70.2 Å². The molecule has 0 saturated carbocycles. The van der Waals surface area contributed by atoms with Gasteiger partial charge in [0.1, 0.15) is 0 Å². The number of carbonyl (C=O) groups excluding carboxylic acids is 1. The second kappa shape index (κ2) is 9.63. The lowest BCUT2D eigenvalue weighted by molar-refractivity contribution is -0.137. The van der Waals surface area contributed by atoms with Crippen LogP contribution in [0, 0.1) is 11.3 Å². The van der Waals surface area contributed by atoms with Crippen LogP contribution in [0.2, 0.25) is 0 Å². The molecule has 1 N–H and O–H groups in total. The molecular formula is C26H19F3N4O. The molecule has 5 nitrogen and oxygen atoms in total. The van der Waals surface area contributed by atoms with Crippen molar-refractivity contribution >= 4 is 23.0 Å². The van der Waals surface area contributed by atoms with Crippen LogP contribution in [-0.2, 0) is 23.9 Å². The maximum Gasteiger partial charge on any atom is 0.416 e. The predicted octanol–water partition coefficient (Wildman–Crippen LogP) is 5.27. The molecule has 3 aromatic carbocycles. The summed E-state index contributed by atoms with van der Waals surface area (Å²) in [6.45, 7) is 0.486. The third-order valence-electron chi connectivity index (χ3n) is 5.31. The number of nitriles is 1. The summed E-state index contributed by atoms with van der Waals surface area (Å²) in [7, 11) is 0. The van der Waals surface area contributed by atoms with Crippen LogP contribution in [0.5, 0.6) is 0 Å². The Balaban J connectivity index is 1.50. The molecule has 0 spiro atoms. The van der Waals surface area contributed by atoms with Gasteiger partial charge in [-0.3, -0.25) is 4.79 Å². The summed E-state index contributed by atoms with van der Waals surface area (Å²) in [5.74, 6) is -0.526. The van der Waals surface area contributed by atoms with Crippen molar-refractivity contribution in [1.82, 2.24) is 9.99 Å². The number of para-hydroxylation sites is 1. The van der Waals surface area contributed by atoms with Gasteiger partial charge >= 0.3 is 6.18 Å². The highest BCUT2D eigenvalue weighted by molar-refractivity contribution is 5.99.